The Hall–Kier alpha value is -2.48. The third kappa shape index (κ3) is 2.25. The second kappa shape index (κ2) is 5.02. The minimum Gasteiger partial charge on any atom is -0.293 e. The van der Waals surface area contributed by atoms with Gasteiger partial charge in [-0.05, 0) is 11.6 Å². The van der Waals surface area contributed by atoms with Gasteiger partial charge in [-0.25, -0.2) is 0 Å². The first-order chi connectivity index (χ1) is 9.36. The number of hydrogen-bond acceptors (Lipinski definition) is 2. The summed E-state index contributed by atoms with van der Waals surface area (Å²) in [4.78, 5) is 16.9. The molecule has 0 spiro atoms. The molecule has 0 bridgehead atoms. The average Bonchev–Trinajstić information content (AvgIpc) is 2.44. The molecule has 0 aliphatic carbocycles. The van der Waals surface area contributed by atoms with E-state index in [1.54, 1.807) is 6.20 Å². The van der Waals surface area contributed by atoms with Gasteiger partial charge < -0.3 is 0 Å². The second-order valence-electron chi connectivity index (χ2n) is 4.44. The van der Waals surface area contributed by atoms with Crippen LogP contribution < -0.4 is 0 Å². The lowest BCUT2D eigenvalue weighted by atomic mass is 9.85. The van der Waals surface area contributed by atoms with Gasteiger partial charge in [-0.15, -0.1) is 0 Å². The number of Topliss-reactive ketones (excluding diaryl/α,β-unsaturated/α-hetero) is 1. The van der Waals surface area contributed by atoms with Gasteiger partial charge in [0.15, 0.2) is 5.78 Å². The smallest absolute Gasteiger partial charge is 0.176 e. The van der Waals surface area contributed by atoms with Crippen LogP contribution in [0.1, 0.15) is 21.8 Å². The molecule has 1 aliphatic rings. The first-order valence-electron chi connectivity index (χ1n) is 6.25. The summed E-state index contributed by atoms with van der Waals surface area (Å²) in [6, 6.07) is 19.2. The molecule has 2 nitrogen and oxygen atoms in total. The first-order valence-corrected chi connectivity index (χ1v) is 6.25. The van der Waals surface area contributed by atoms with E-state index < -0.39 is 0 Å². The normalized spacial score (nSPS) is 14.4. The summed E-state index contributed by atoms with van der Waals surface area (Å²) < 4.78 is 0. The molecule has 0 aromatic heterocycles. The Labute approximate surface area is 112 Å². The van der Waals surface area contributed by atoms with Crippen LogP contribution in [0.2, 0.25) is 0 Å². The van der Waals surface area contributed by atoms with Crippen LogP contribution in [0.5, 0.6) is 0 Å². The topological polar surface area (TPSA) is 29.4 Å². The summed E-state index contributed by atoms with van der Waals surface area (Å²) in [5.41, 5.74) is 2.54. The van der Waals surface area contributed by atoms with Crippen LogP contribution in [0, 0.1) is 0 Å². The number of nitrogens with zero attached hydrogens (tertiary/aromatic N) is 1. The van der Waals surface area contributed by atoms with Crippen molar-refractivity contribution in [1.82, 2.24) is 0 Å². The van der Waals surface area contributed by atoms with Gasteiger partial charge in [-0.1, -0.05) is 60.7 Å². The van der Waals surface area contributed by atoms with E-state index in [1.165, 1.54) is 0 Å². The van der Waals surface area contributed by atoms with Crippen LogP contribution in [0.3, 0.4) is 0 Å². The van der Waals surface area contributed by atoms with Crippen molar-refractivity contribution < 1.29 is 4.79 Å². The maximum atomic E-state index is 12.7. The van der Waals surface area contributed by atoms with Crippen molar-refractivity contribution in [2.45, 2.75) is 5.92 Å². The summed E-state index contributed by atoms with van der Waals surface area (Å²) >= 11 is 0. The predicted octanol–water partition coefficient (Wildman–Crippen LogP) is 3.62. The number of aliphatic imine (C=N–C) groups is 1. The molecule has 1 atom stereocenters. The van der Waals surface area contributed by atoms with Gasteiger partial charge in [0.1, 0.15) is 0 Å². The van der Waals surface area contributed by atoms with Crippen LogP contribution in [-0.2, 0) is 0 Å². The van der Waals surface area contributed by atoms with Gasteiger partial charge in [-0.3, -0.25) is 9.79 Å². The number of carbonyl (C=O) groups is 1. The van der Waals surface area contributed by atoms with Crippen molar-refractivity contribution in [3.63, 3.8) is 0 Å². The highest BCUT2D eigenvalue weighted by Crippen LogP contribution is 2.25. The Morgan fingerprint density at radius 2 is 1.47 bits per heavy atom. The van der Waals surface area contributed by atoms with Crippen molar-refractivity contribution in [2.24, 2.45) is 4.99 Å². The molecule has 2 aromatic rings. The number of rotatable bonds is 4. The molecule has 1 aliphatic heterocycles. The fourth-order valence-corrected chi connectivity index (χ4v) is 2.20. The molecular weight excluding hydrogens is 234 g/mol. The zero-order valence-electron chi connectivity index (χ0n) is 10.4. The molecule has 0 saturated carbocycles. The molecule has 1 unspecified atom stereocenters. The van der Waals surface area contributed by atoms with E-state index in [0.717, 1.165) is 16.8 Å². The molecule has 92 valence electrons. The lowest BCUT2D eigenvalue weighted by molar-refractivity contribution is 0.0983. The summed E-state index contributed by atoms with van der Waals surface area (Å²) in [6.07, 6.45) is 3.63. The summed E-state index contributed by atoms with van der Waals surface area (Å²) in [5.74, 6) is -0.205. The average molecular weight is 247 g/mol. The molecular formula is C17H13NO. The Morgan fingerprint density at radius 1 is 0.895 bits per heavy atom. The number of allylic oxidation sites excluding steroid dienone is 1. The van der Waals surface area contributed by atoms with Crippen molar-refractivity contribution in [3.8, 4) is 0 Å². The fraction of sp³-hybridized carbons (Fsp3) is 0.0588. The Kier molecular flexibility index (Phi) is 3.07. The molecule has 0 N–H and O–H groups in total. The Morgan fingerprint density at radius 3 is 2.00 bits per heavy atom. The Bertz CT molecular complexity index is 641. The minimum absolute atomic E-state index is 0.0925. The monoisotopic (exact) mass is 247 g/mol. The second-order valence-corrected chi connectivity index (χ2v) is 4.44. The highest BCUT2D eigenvalue weighted by atomic mass is 16.1. The van der Waals surface area contributed by atoms with Crippen molar-refractivity contribution >= 4 is 11.5 Å². The summed E-state index contributed by atoms with van der Waals surface area (Å²) in [5, 5.41) is 0. The molecule has 0 fully saturated rings. The predicted molar refractivity (Wildman–Crippen MR) is 76.5 cm³/mol. The highest BCUT2D eigenvalue weighted by Gasteiger charge is 2.27. The van der Waals surface area contributed by atoms with Crippen LogP contribution in [0.25, 0.3) is 0 Å². The van der Waals surface area contributed by atoms with Crippen LogP contribution in [0.4, 0.5) is 0 Å². The minimum atomic E-state index is -0.298. The van der Waals surface area contributed by atoms with Gasteiger partial charge in [0.2, 0.25) is 0 Å². The van der Waals surface area contributed by atoms with E-state index >= 15 is 0 Å². The van der Waals surface area contributed by atoms with E-state index in [4.69, 9.17) is 0 Å². The summed E-state index contributed by atoms with van der Waals surface area (Å²) in [7, 11) is 0. The standard InChI is InChI=1S/C17H13NO/c19-17(14-9-5-2-6-10-14)16(15-11-12-18-15)13-7-3-1-4-8-13/h1-12,16H. The van der Waals surface area contributed by atoms with E-state index in [-0.39, 0.29) is 11.7 Å². The van der Waals surface area contributed by atoms with Crippen molar-refractivity contribution in [2.75, 3.05) is 0 Å². The molecule has 0 saturated heterocycles. The molecule has 19 heavy (non-hydrogen) atoms. The number of benzene rings is 2. The van der Waals surface area contributed by atoms with Crippen LogP contribution in [0.15, 0.2) is 77.9 Å². The van der Waals surface area contributed by atoms with Gasteiger partial charge >= 0.3 is 0 Å². The highest BCUT2D eigenvalue weighted by molar-refractivity contribution is 6.21. The number of ketones is 1. The zero-order valence-corrected chi connectivity index (χ0v) is 10.4. The van der Waals surface area contributed by atoms with Crippen molar-refractivity contribution in [1.29, 1.82) is 0 Å². The molecule has 2 heteroatoms. The number of carbonyl (C=O) groups excluding carboxylic acids is 1. The lowest BCUT2D eigenvalue weighted by Crippen LogP contribution is -2.23. The van der Waals surface area contributed by atoms with E-state index in [0.29, 0.717) is 0 Å². The molecule has 0 amide bonds. The van der Waals surface area contributed by atoms with E-state index in [9.17, 15) is 4.79 Å². The first kappa shape index (κ1) is 11.6. The summed E-state index contributed by atoms with van der Waals surface area (Å²) in [6.45, 7) is 0. The maximum absolute atomic E-state index is 12.7. The lowest BCUT2D eigenvalue weighted by Gasteiger charge is -2.19. The molecule has 1 heterocycles. The molecule has 0 radical (unpaired) electrons. The number of hydrogen-bond donors (Lipinski definition) is 0. The van der Waals surface area contributed by atoms with Gasteiger partial charge in [0.25, 0.3) is 0 Å². The Balaban J connectivity index is 1.99. The zero-order chi connectivity index (χ0) is 13.1. The van der Waals surface area contributed by atoms with Crippen LogP contribution in [-0.4, -0.2) is 11.5 Å². The molecule has 3 rings (SSSR count). The van der Waals surface area contributed by atoms with E-state index in [2.05, 4.69) is 4.99 Å². The van der Waals surface area contributed by atoms with Gasteiger partial charge in [0, 0.05) is 11.8 Å². The molecule has 2 aromatic carbocycles. The fourth-order valence-electron chi connectivity index (χ4n) is 2.20. The van der Waals surface area contributed by atoms with Gasteiger partial charge in [0.05, 0.1) is 11.6 Å². The third-order valence-corrected chi connectivity index (χ3v) is 3.22. The van der Waals surface area contributed by atoms with Gasteiger partial charge in [-0.2, -0.15) is 0 Å². The van der Waals surface area contributed by atoms with Crippen molar-refractivity contribution in [3.05, 3.63) is 84.1 Å². The maximum Gasteiger partial charge on any atom is 0.176 e. The van der Waals surface area contributed by atoms with Crippen LogP contribution >= 0.6 is 0 Å². The van der Waals surface area contributed by atoms with E-state index in [1.807, 2.05) is 66.7 Å². The quantitative estimate of drug-likeness (QED) is 0.759. The SMILES string of the molecule is O=C(c1ccccc1)C(C1=NC=C1)c1ccccc1. The largest absolute Gasteiger partial charge is 0.293 e. The third-order valence-electron chi connectivity index (χ3n) is 3.22.